The van der Waals surface area contributed by atoms with Crippen LogP contribution in [0.5, 0.6) is 11.6 Å². The molecule has 1 aromatic heterocycles. The quantitative estimate of drug-likeness (QED) is 0.836. The second kappa shape index (κ2) is 6.81. The largest absolute Gasteiger partial charge is 0.484 e. The maximum Gasteiger partial charge on any atom is 0.266 e. The van der Waals surface area contributed by atoms with Crippen LogP contribution in [0.2, 0.25) is 0 Å². The second-order valence-corrected chi connectivity index (χ2v) is 6.67. The Kier molecular flexibility index (Phi) is 4.70. The SMILES string of the molecule is COCC1(C)Oc2ccc(C#N)cc2C(Oc2ccc(=O)n(C)n2)C1C. The lowest BCUT2D eigenvalue weighted by Gasteiger charge is -2.44. The molecule has 0 saturated carbocycles. The third-order valence-corrected chi connectivity index (χ3v) is 4.82. The van der Waals surface area contributed by atoms with Gasteiger partial charge in [-0.05, 0) is 25.1 Å². The van der Waals surface area contributed by atoms with Gasteiger partial charge in [0.2, 0.25) is 5.88 Å². The maximum atomic E-state index is 11.6. The summed E-state index contributed by atoms with van der Waals surface area (Å²) < 4.78 is 18.9. The van der Waals surface area contributed by atoms with Crippen LogP contribution in [-0.2, 0) is 11.8 Å². The number of fused-ring (bicyclic) bond motifs is 1. The van der Waals surface area contributed by atoms with E-state index in [0.29, 0.717) is 23.8 Å². The summed E-state index contributed by atoms with van der Waals surface area (Å²) in [4.78, 5) is 11.6. The van der Waals surface area contributed by atoms with Crippen LogP contribution in [0.25, 0.3) is 0 Å². The van der Waals surface area contributed by atoms with Crippen LogP contribution in [0.3, 0.4) is 0 Å². The molecule has 136 valence electrons. The Balaban J connectivity index is 2.06. The third-order valence-electron chi connectivity index (χ3n) is 4.82. The van der Waals surface area contributed by atoms with E-state index in [9.17, 15) is 10.1 Å². The molecule has 1 aliphatic heterocycles. The molecule has 1 aromatic carbocycles. The third kappa shape index (κ3) is 3.16. The summed E-state index contributed by atoms with van der Waals surface area (Å²) in [7, 11) is 3.19. The number of ether oxygens (including phenoxy) is 3. The van der Waals surface area contributed by atoms with Gasteiger partial charge >= 0.3 is 0 Å². The fourth-order valence-corrected chi connectivity index (χ4v) is 3.15. The molecule has 7 nitrogen and oxygen atoms in total. The number of methoxy groups -OCH3 is 1. The Hall–Kier alpha value is -2.85. The number of hydrogen-bond acceptors (Lipinski definition) is 6. The summed E-state index contributed by atoms with van der Waals surface area (Å²) in [5.74, 6) is 0.887. The predicted molar refractivity (Wildman–Crippen MR) is 94.1 cm³/mol. The van der Waals surface area contributed by atoms with Gasteiger partial charge < -0.3 is 14.2 Å². The summed E-state index contributed by atoms with van der Waals surface area (Å²) in [5, 5.41) is 13.4. The fraction of sp³-hybridized carbons (Fsp3) is 0.421. The lowest BCUT2D eigenvalue weighted by atomic mass is 9.80. The van der Waals surface area contributed by atoms with Gasteiger partial charge in [-0.1, -0.05) is 6.92 Å². The number of rotatable bonds is 4. The van der Waals surface area contributed by atoms with Gasteiger partial charge in [0.1, 0.15) is 17.5 Å². The normalized spacial score (nSPS) is 24.3. The van der Waals surface area contributed by atoms with E-state index in [2.05, 4.69) is 11.2 Å². The van der Waals surface area contributed by atoms with E-state index in [1.165, 1.54) is 10.7 Å². The van der Waals surface area contributed by atoms with Crippen LogP contribution in [0, 0.1) is 17.2 Å². The number of nitrogens with zero attached hydrogens (tertiary/aromatic N) is 3. The fourth-order valence-electron chi connectivity index (χ4n) is 3.15. The van der Waals surface area contributed by atoms with Gasteiger partial charge in [-0.25, -0.2) is 4.68 Å². The van der Waals surface area contributed by atoms with Crippen molar-refractivity contribution in [3.63, 3.8) is 0 Å². The van der Waals surface area contributed by atoms with E-state index in [1.807, 2.05) is 13.8 Å². The first kappa shape index (κ1) is 18.0. The highest BCUT2D eigenvalue weighted by atomic mass is 16.6. The highest BCUT2D eigenvalue weighted by molar-refractivity contribution is 5.46. The maximum absolute atomic E-state index is 11.6. The average molecular weight is 355 g/mol. The summed E-state index contributed by atoms with van der Waals surface area (Å²) in [6.07, 6.45) is -0.405. The molecule has 0 amide bonds. The summed E-state index contributed by atoms with van der Waals surface area (Å²) in [5.41, 5.74) is 0.479. The molecule has 2 aromatic rings. The molecule has 0 spiro atoms. The minimum absolute atomic E-state index is 0.0945. The van der Waals surface area contributed by atoms with Crippen molar-refractivity contribution in [1.82, 2.24) is 9.78 Å². The monoisotopic (exact) mass is 355 g/mol. The second-order valence-electron chi connectivity index (χ2n) is 6.67. The van der Waals surface area contributed by atoms with Crippen molar-refractivity contribution in [3.8, 4) is 17.7 Å². The highest BCUT2D eigenvalue weighted by Crippen LogP contribution is 2.45. The molecule has 0 N–H and O–H groups in total. The summed E-state index contributed by atoms with van der Waals surface area (Å²) in [6, 6.07) is 10.4. The van der Waals surface area contributed by atoms with Gasteiger partial charge in [0, 0.05) is 37.8 Å². The first-order valence-electron chi connectivity index (χ1n) is 8.31. The standard InChI is InChI=1S/C19H21N3O4/c1-12-18(25-16-7-8-17(23)22(3)21-16)14-9-13(10-20)5-6-15(14)26-19(12,2)11-24-4/h5-9,12,18H,11H2,1-4H3. The van der Waals surface area contributed by atoms with Gasteiger partial charge in [-0.15, -0.1) is 5.10 Å². The topological polar surface area (TPSA) is 86.4 Å². The Morgan fingerprint density at radius 1 is 1.38 bits per heavy atom. The molecule has 3 atom stereocenters. The van der Waals surface area contributed by atoms with Crippen LogP contribution in [0.15, 0.2) is 35.1 Å². The molecule has 7 heteroatoms. The van der Waals surface area contributed by atoms with E-state index in [4.69, 9.17) is 14.2 Å². The number of nitriles is 1. The summed E-state index contributed by atoms with van der Waals surface area (Å²) >= 11 is 0. The van der Waals surface area contributed by atoms with Gasteiger partial charge in [-0.3, -0.25) is 4.79 Å². The highest BCUT2D eigenvalue weighted by Gasteiger charge is 2.46. The van der Waals surface area contributed by atoms with Crippen molar-refractivity contribution in [3.05, 3.63) is 51.8 Å². The zero-order chi connectivity index (χ0) is 18.9. The Morgan fingerprint density at radius 2 is 2.15 bits per heavy atom. The molecule has 0 radical (unpaired) electrons. The number of benzene rings is 1. The van der Waals surface area contributed by atoms with Crippen molar-refractivity contribution in [2.75, 3.05) is 13.7 Å². The van der Waals surface area contributed by atoms with Gasteiger partial charge in [-0.2, -0.15) is 5.26 Å². The van der Waals surface area contributed by atoms with Crippen LogP contribution in [-0.4, -0.2) is 29.1 Å². The molecule has 0 aliphatic carbocycles. The zero-order valence-corrected chi connectivity index (χ0v) is 15.2. The predicted octanol–water partition coefficient (Wildman–Crippen LogP) is 2.21. The van der Waals surface area contributed by atoms with E-state index >= 15 is 0 Å². The van der Waals surface area contributed by atoms with Crippen LogP contribution in [0.1, 0.15) is 31.1 Å². The van der Waals surface area contributed by atoms with Gasteiger partial charge in [0.25, 0.3) is 5.56 Å². The number of aryl methyl sites for hydroxylation is 1. The van der Waals surface area contributed by atoms with E-state index in [1.54, 1.807) is 38.4 Å². The molecular formula is C19H21N3O4. The van der Waals surface area contributed by atoms with Crippen LogP contribution in [0.4, 0.5) is 0 Å². The molecule has 0 saturated heterocycles. The molecule has 1 aliphatic rings. The first-order valence-corrected chi connectivity index (χ1v) is 8.31. The van der Waals surface area contributed by atoms with Crippen molar-refractivity contribution < 1.29 is 14.2 Å². The Bertz CT molecular complexity index is 918. The van der Waals surface area contributed by atoms with Crippen LogP contribution >= 0.6 is 0 Å². The lowest BCUT2D eigenvalue weighted by molar-refractivity contribution is -0.0869. The molecule has 0 bridgehead atoms. The molecule has 0 fully saturated rings. The Morgan fingerprint density at radius 3 is 2.81 bits per heavy atom. The van der Waals surface area contributed by atoms with Gasteiger partial charge in [0.05, 0.1) is 18.2 Å². The van der Waals surface area contributed by atoms with Crippen molar-refractivity contribution in [1.29, 1.82) is 5.26 Å². The molecular weight excluding hydrogens is 334 g/mol. The summed E-state index contributed by atoms with van der Waals surface area (Å²) in [6.45, 7) is 4.36. The molecule has 3 rings (SSSR count). The van der Waals surface area contributed by atoms with Crippen molar-refractivity contribution in [2.24, 2.45) is 13.0 Å². The van der Waals surface area contributed by atoms with Crippen LogP contribution < -0.4 is 15.0 Å². The minimum atomic E-state index is -0.610. The lowest BCUT2D eigenvalue weighted by Crippen LogP contribution is -2.50. The van der Waals surface area contributed by atoms with Crippen molar-refractivity contribution in [2.45, 2.75) is 25.6 Å². The Labute approximate surface area is 151 Å². The van der Waals surface area contributed by atoms with Crippen molar-refractivity contribution >= 4 is 0 Å². The zero-order valence-electron chi connectivity index (χ0n) is 15.2. The molecule has 2 heterocycles. The molecule has 3 unspecified atom stereocenters. The minimum Gasteiger partial charge on any atom is -0.484 e. The van der Waals surface area contributed by atoms with E-state index in [0.717, 1.165) is 5.56 Å². The van der Waals surface area contributed by atoms with E-state index < -0.39 is 11.7 Å². The van der Waals surface area contributed by atoms with Gasteiger partial charge in [0.15, 0.2) is 0 Å². The average Bonchev–Trinajstić information content (AvgIpc) is 2.62. The van der Waals surface area contributed by atoms with E-state index in [-0.39, 0.29) is 11.5 Å². The smallest absolute Gasteiger partial charge is 0.266 e. The molecule has 26 heavy (non-hydrogen) atoms. The first-order chi connectivity index (χ1) is 12.4. The number of aromatic nitrogens is 2. The number of hydrogen-bond donors (Lipinski definition) is 0.